The molecule has 12 heavy (non-hydrogen) atoms. The standard InChI is InChI=1S/C11H20S/c1-2-3-10-4-6-11(7-5-10)8-9-12/h3,11-12H,2,4-9H2,1H3. The van der Waals surface area contributed by atoms with Crippen molar-refractivity contribution in [3.05, 3.63) is 11.6 Å². The van der Waals surface area contributed by atoms with Crippen LogP contribution in [0.3, 0.4) is 0 Å². The molecule has 0 radical (unpaired) electrons. The Morgan fingerprint density at radius 3 is 2.58 bits per heavy atom. The predicted octanol–water partition coefficient (Wildman–Crippen LogP) is 3.83. The van der Waals surface area contributed by atoms with Crippen LogP contribution < -0.4 is 0 Å². The van der Waals surface area contributed by atoms with Gasteiger partial charge in [0.25, 0.3) is 0 Å². The van der Waals surface area contributed by atoms with Crippen LogP contribution in [0.15, 0.2) is 11.6 Å². The number of thiol groups is 1. The number of hydrogen-bond donors (Lipinski definition) is 1. The van der Waals surface area contributed by atoms with Gasteiger partial charge in [0.1, 0.15) is 0 Å². The van der Waals surface area contributed by atoms with Crippen molar-refractivity contribution in [3.8, 4) is 0 Å². The smallest absolute Gasteiger partial charge is 0.00953 e. The molecule has 0 aliphatic heterocycles. The third-order valence-corrected chi connectivity index (χ3v) is 3.04. The molecule has 1 heteroatoms. The molecule has 70 valence electrons. The van der Waals surface area contributed by atoms with Crippen LogP contribution in [0.2, 0.25) is 0 Å². The van der Waals surface area contributed by atoms with Gasteiger partial charge in [-0.2, -0.15) is 12.6 Å². The lowest BCUT2D eigenvalue weighted by molar-refractivity contribution is 0.400. The minimum Gasteiger partial charge on any atom is -0.179 e. The van der Waals surface area contributed by atoms with E-state index >= 15 is 0 Å². The van der Waals surface area contributed by atoms with Gasteiger partial charge in [0, 0.05) is 0 Å². The van der Waals surface area contributed by atoms with Crippen LogP contribution in [0.5, 0.6) is 0 Å². The number of allylic oxidation sites excluding steroid dienone is 2. The highest BCUT2D eigenvalue weighted by Gasteiger charge is 2.14. The molecular weight excluding hydrogens is 164 g/mol. The molecule has 0 aromatic rings. The van der Waals surface area contributed by atoms with Gasteiger partial charge >= 0.3 is 0 Å². The van der Waals surface area contributed by atoms with E-state index in [1.165, 1.54) is 38.5 Å². The Kier molecular flexibility index (Phi) is 4.82. The highest BCUT2D eigenvalue weighted by molar-refractivity contribution is 7.80. The first-order chi connectivity index (χ1) is 5.86. The molecule has 0 spiro atoms. The Morgan fingerprint density at radius 1 is 1.42 bits per heavy atom. The van der Waals surface area contributed by atoms with Crippen molar-refractivity contribution in [3.63, 3.8) is 0 Å². The monoisotopic (exact) mass is 184 g/mol. The van der Waals surface area contributed by atoms with Gasteiger partial charge in [0.2, 0.25) is 0 Å². The molecule has 1 rings (SSSR count). The maximum atomic E-state index is 4.28. The molecule has 1 aliphatic rings. The topological polar surface area (TPSA) is 0 Å². The molecule has 1 saturated carbocycles. The number of hydrogen-bond acceptors (Lipinski definition) is 1. The Morgan fingerprint density at radius 2 is 2.08 bits per heavy atom. The first-order valence-corrected chi connectivity index (χ1v) is 5.78. The van der Waals surface area contributed by atoms with Gasteiger partial charge in [-0.25, -0.2) is 0 Å². The molecule has 0 saturated heterocycles. The van der Waals surface area contributed by atoms with Gasteiger partial charge < -0.3 is 0 Å². The Bertz CT molecular complexity index is 139. The molecule has 0 atom stereocenters. The first kappa shape index (κ1) is 10.2. The van der Waals surface area contributed by atoms with Crippen LogP contribution in [-0.2, 0) is 0 Å². The van der Waals surface area contributed by atoms with E-state index in [9.17, 15) is 0 Å². The molecule has 0 aromatic heterocycles. The summed E-state index contributed by atoms with van der Waals surface area (Å²) in [5, 5.41) is 0. The van der Waals surface area contributed by atoms with E-state index in [2.05, 4.69) is 25.6 Å². The zero-order valence-electron chi connectivity index (χ0n) is 8.05. The maximum Gasteiger partial charge on any atom is -0.00953 e. The molecule has 0 heterocycles. The molecule has 0 aromatic carbocycles. The van der Waals surface area contributed by atoms with Crippen LogP contribution in [0.1, 0.15) is 45.4 Å². The molecule has 0 unspecified atom stereocenters. The zero-order valence-corrected chi connectivity index (χ0v) is 8.95. The summed E-state index contributed by atoms with van der Waals surface area (Å²) in [4.78, 5) is 0. The average molecular weight is 184 g/mol. The van der Waals surface area contributed by atoms with Crippen molar-refractivity contribution < 1.29 is 0 Å². The molecule has 1 aliphatic carbocycles. The van der Waals surface area contributed by atoms with Crippen LogP contribution in [0, 0.1) is 5.92 Å². The lowest BCUT2D eigenvalue weighted by atomic mass is 9.84. The second-order valence-corrected chi connectivity index (χ2v) is 4.17. The van der Waals surface area contributed by atoms with Crippen molar-refractivity contribution in [1.82, 2.24) is 0 Å². The molecule has 1 fully saturated rings. The molecule has 0 nitrogen and oxygen atoms in total. The molecular formula is C11H20S. The minimum absolute atomic E-state index is 0.969. The van der Waals surface area contributed by atoms with E-state index in [0.29, 0.717) is 0 Å². The quantitative estimate of drug-likeness (QED) is 0.500. The fourth-order valence-electron chi connectivity index (χ4n) is 2.01. The summed E-state index contributed by atoms with van der Waals surface area (Å²) < 4.78 is 0. The third kappa shape index (κ3) is 3.22. The van der Waals surface area contributed by atoms with Crippen molar-refractivity contribution >= 4 is 12.6 Å². The van der Waals surface area contributed by atoms with Crippen LogP contribution in [-0.4, -0.2) is 5.75 Å². The van der Waals surface area contributed by atoms with Gasteiger partial charge in [0.05, 0.1) is 0 Å². The predicted molar refractivity (Wildman–Crippen MR) is 58.8 cm³/mol. The first-order valence-electron chi connectivity index (χ1n) is 5.15. The van der Waals surface area contributed by atoms with E-state index in [1.807, 2.05) is 0 Å². The lowest BCUT2D eigenvalue weighted by Crippen LogP contribution is -2.08. The summed E-state index contributed by atoms with van der Waals surface area (Å²) in [6.07, 6.45) is 10.5. The van der Waals surface area contributed by atoms with Gasteiger partial charge in [-0.15, -0.1) is 0 Å². The molecule has 0 bridgehead atoms. The fourth-order valence-corrected chi connectivity index (χ4v) is 2.38. The lowest BCUT2D eigenvalue weighted by Gasteiger charge is -2.23. The highest BCUT2D eigenvalue weighted by atomic mass is 32.1. The van der Waals surface area contributed by atoms with Crippen LogP contribution >= 0.6 is 12.6 Å². The summed E-state index contributed by atoms with van der Waals surface area (Å²) in [6.45, 7) is 2.23. The third-order valence-electron chi connectivity index (χ3n) is 2.78. The van der Waals surface area contributed by atoms with Crippen LogP contribution in [0.25, 0.3) is 0 Å². The largest absolute Gasteiger partial charge is 0.179 e. The molecule has 0 N–H and O–H groups in total. The van der Waals surface area contributed by atoms with Gasteiger partial charge in [-0.1, -0.05) is 18.6 Å². The Balaban J connectivity index is 2.24. The molecule has 0 amide bonds. The summed E-state index contributed by atoms with van der Waals surface area (Å²) in [5.41, 5.74) is 1.70. The summed E-state index contributed by atoms with van der Waals surface area (Å²) in [5.74, 6) is 2.04. The second kappa shape index (κ2) is 5.69. The van der Waals surface area contributed by atoms with E-state index in [1.54, 1.807) is 5.57 Å². The normalized spacial score (nSPS) is 24.2. The average Bonchev–Trinajstić information content (AvgIpc) is 2.09. The van der Waals surface area contributed by atoms with Gasteiger partial charge in [-0.05, 0) is 50.2 Å². The van der Waals surface area contributed by atoms with Crippen molar-refractivity contribution in [2.24, 2.45) is 5.92 Å². The van der Waals surface area contributed by atoms with Crippen molar-refractivity contribution in [2.45, 2.75) is 45.4 Å². The minimum atomic E-state index is 0.969. The second-order valence-electron chi connectivity index (χ2n) is 3.73. The SMILES string of the molecule is CCC=C1CCC(CCS)CC1. The van der Waals surface area contributed by atoms with E-state index < -0.39 is 0 Å². The maximum absolute atomic E-state index is 4.28. The Labute approximate surface area is 81.8 Å². The van der Waals surface area contributed by atoms with E-state index in [4.69, 9.17) is 0 Å². The van der Waals surface area contributed by atoms with Gasteiger partial charge in [-0.3, -0.25) is 0 Å². The number of rotatable bonds is 3. The van der Waals surface area contributed by atoms with Gasteiger partial charge in [0.15, 0.2) is 0 Å². The van der Waals surface area contributed by atoms with Crippen LogP contribution in [0.4, 0.5) is 0 Å². The summed E-state index contributed by atoms with van der Waals surface area (Å²) in [7, 11) is 0. The van der Waals surface area contributed by atoms with Crippen molar-refractivity contribution in [1.29, 1.82) is 0 Å². The van der Waals surface area contributed by atoms with E-state index in [-0.39, 0.29) is 0 Å². The zero-order chi connectivity index (χ0) is 8.81. The summed E-state index contributed by atoms with van der Waals surface area (Å²) >= 11 is 4.28. The summed E-state index contributed by atoms with van der Waals surface area (Å²) in [6, 6.07) is 0. The Hall–Kier alpha value is 0.0900. The van der Waals surface area contributed by atoms with E-state index in [0.717, 1.165) is 11.7 Å². The van der Waals surface area contributed by atoms with Crippen molar-refractivity contribution in [2.75, 3.05) is 5.75 Å². The fraction of sp³-hybridized carbons (Fsp3) is 0.818. The highest BCUT2D eigenvalue weighted by Crippen LogP contribution is 2.30.